The molecular weight excluding hydrogens is 310 g/mol. The van der Waals surface area contributed by atoms with Gasteiger partial charge in [-0.15, -0.1) is 16.4 Å². The molecular formula is C11H13N7OS2. The summed E-state index contributed by atoms with van der Waals surface area (Å²) in [6.07, 6.45) is 0.928. The first-order chi connectivity index (χ1) is 10.1. The average molecular weight is 323 g/mol. The molecule has 0 aliphatic carbocycles. The van der Waals surface area contributed by atoms with Gasteiger partial charge in [-0.1, -0.05) is 6.92 Å². The van der Waals surface area contributed by atoms with Gasteiger partial charge in [-0.3, -0.25) is 9.99 Å². The second kappa shape index (κ2) is 5.47. The molecule has 8 nitrogen and oxygen atoms in total. The number of hydrogen-bond donors (Lipinski definition) is 3. The van der Waals surface area contributed by atoms with E-state index in [4.69, 9.17) is 5.84 Å². The fourth-order valence-electron chi connectivity index (χ4n) is 1.77. The Morgan fingerprint density at radius 2 is 2.33 bits per heavy atom. The van der Waals surface area contributed by atoms with E-state index in [1.807, 2.05) is 0 Å². The van der Waals surface area contributed by atoms with Gasteiger partial charge in [-0.05, 0) is 24.2 Å². The van der Waals surface area contributed by atoms with Crippen LogP contribution in [-0.2, 0) is 13.5 Å². The Balaban J connectivity index is 2.13. The first-order valence-electron chi connectivity index (χ1n) is 6.18. The highest BCUT2D eigenvalue weighted by Crippen LogP contribution is 2.34. The van der Waals surface area contributed by atoms with Gasteiger partial charge in [0.15, 0.2) is 5.16 Å². The predicted molar refractivity (Wildman–Crippen MR) is 82.6 cm³/mol. The lowest BCUT2D eigenvalue weighted by molar-refractivity contribution is 0.765. The van der Waals surface area contributed by atoms with Gasteiger partial charge in [0.25, 0.3) is 0 Å². The molecule has 10 heteroatoms. The minimum absolute atomic E-state index is 0.264. The third-order valence-electron chi connectivity index (χ3n) is 2.91. The number of aromatic nitrogens is 5. The van der Waals surface area contributed by atoms with Crippen molar-refractivity contribution in [3.63, 3.8) is 0 Å². The van der Waals surface area contributed by atoms with Gasteiger partial charge in [0.1, 0.15) is 9.86 Å². The molecule has 0 saturated heterocycles. The molecule has 0 saturated carbocycles. The summed E-state index contributed by atoms with van der Waals surface area (Å²) in [5.41, 5.74) is 2.20. The topological polar surface area (TPSA) is 115 Å². The zero-order valence-electron chi connectivity index (χ0n) is 11.4. The molecule has 0 atom stereocenters. The molecule has 21 heavy (non-hydrogen) atoms. The maximum Gasteiger partial charge on any atom is 0.343 e. The standard InChI is InChI=1S/C11H13N7OS2/c1-3-5-4-6-7(20-5)13-9(15-12)14-8(6)21-11-17-16-10(19)18(11)2/h4H,3,12H2,1-2H3,(H,16,19)(H,13,14,15). The Bertz CT molecular complexity index is 850. The van der Waals surface area contributed by atoms with Crippen LogP contribution in [-0.4, -0.2) is 24.7 Å². The van der Waals surface area contributed by atoms with E-state index >= 15 is 0 Å². The Morgan fingerprint density at radius 1 is 1.52 bits per heavy atom. The lowest BCUT2D eigenvalue weighted by Crippen LogP contribution is -2.13. The molecule has 0 unspecified atom stereocenters. The summed E-state index contributed by atoms with van der Waals surface area (Å²) in [6.45, 7) is 2.09. The van der Waals surface area contributed by atoms with Gasteiger partial charge in [0.05, 0.1) is 0 Å². The normalized spacial score (nSPS) is 11.2. The van der Waals surface area contributed by atoms with E-state index in [1.54, 1.807) is 18.4 Å². The van der Waals surface area contributed by atoms with Crippen molar-refractivity contribution < 1.29 is 0 Å². The van der Waals surface area contributed by atoms with Crippen molar-refractivity contribution in [2.45, 2.75) is 23.5 Å². The largest absolute Gasteiger partial charge is 0.343 e. The first-order valence-corrected chi connectivity index (χ1v) is 7.82. The quantitative estimate of drug-likeness (QED) is 0.374. The Hall–Kier alpha value is -1.91. The van der Waals surface area contributed by atoms with Crippen molar-refractivity contribution in [3.05, 3.63) is 21.4 Å². The van der Waals surface area contributed by atoms with Crippen LogP contribution in [0.15, 0.2) is 21.0 Å². The summed E-state index contributed by atoms with van der Waals surface area (Å²) in [6, 6.07) is 2.06. The van der Waals surface area contributed by atoms with E-state index in [9.17, 15) is 4.79 Å². The maximum atomic E-state index is 11.4. The van der Waals surface area contributed by atoms with Gasteiger partial charge < -0.3 is 0 Å². The van der Waals surface area contributed by atoms with Crippen LogP contribution in [0.4, 0.5) is 5.95 Å². The Morgan fingerprint density at radius 3 is 2.95 bits per heavy atom. The van der Waals surface area contributed by atoms with Crippen LogP contribution in [0.5, 0.6) is 0 Å². The van der Waals surface area contributed by atoms with Crippen LogP contribution < -0.4 is 17.0 Å². The van der Waals surface area contributed by atoms with Gasteiger partial charge in [0, 0.05) is 17.3 Å². The number of nitrogens with two attached hydrogens (primary N) is 1. The van der Waals surface area contributed by atoms with Gasteiger partial charge in [0.2, 0.25) is 5.95 Å². The average Bonchev–Trinajstić information content (AvgIpc) is 3.05. The van der Waals surface area contributed by atoms with Crippen molar-refractivity contribution in [3.8, 4) is 0 Å². The summed E-state index contributed by atoms with van der Waals surface area (Å²) in [5.74, 6) is 5.76. The summed E-state index contributed by atoms with van der Waals surface area (Å²) >= 11 is 2.90. The van der Waals surface area contributed by atoms with Crippen molar-refractivity contribution in [1.82, 2.24) is 24.7 Å². The first kappa shape index (κ1) is 14.0. The Kier molecular flexibility index (Phi) is 3.66. The SMILES string of the molecule is CCc1cc2c(Sc3n[nH]c(=O)n3C)nc(NN)nc2s1. The molecule has 110 valence electrons. The van der Waals surface area contributed by atoms with Gasteiger partial charge in [-0.2, -0.15) is 0 Å². The zero-order valence-corrected chi connectivity index (χ0v) is 13.0. The number of rotatable bonds is 4. The molecule has 0 aromatic carbocycles. The number of fused-ring (bicyclic) bond motifs is 1. The number of hydrogen-bond acceptors (Lipinski definition) is 8. The number of aryl methyl sites for hydroxylation is 1. The lowest BCUT2D eigenvalue weighted by atomic mass is 10.3. The maximum absolute atomic E-state index is 11.4. The van der Waals surface area contributed by atoms with E-state index < -0.39 is 0 Å². The highest BCUT2D eigenvalue weighted by molar-refractivity contribution is 7.99. The summed E-state index contributed by atoms with van der Waals surface area (Å²) in [7, 11) is 1.65. The van der Waals surface area contributed by atoms with E-state index in [-0.39, 0.29) is 5.69 Å². The fraction of sp³-hybridized carbons (Fsp3) is 0.273. The van der Waals surface area contributed by atoms with Crippen LogP contribution in [0.1, 0.15) is 11.8 Å². The number of H-pyrrole nitrogens is 1. The van der Waals surface area contributed by atoms with E-state index in [0.717, 1.165) is 16.6 Å². The second-order valence-corrected chi connectivity index (χ2v) is 6.33. The molecule has 0 amide bonds. The third kappa shape index (κ3) is 2.52. The number of nitrogens with one attached hydrogen (secondary N) is 2. The van der Waals surface area contributed by atoms with Crippen molar-refractivity contribution in [1.29, 1.82) is 0 Å². The molecule has 0 radical (unpaired) electrons. The molecule has 3 heterocycles. The number of nitrogen functional groups attached to an aromatic ring is 1. The molecule has 0 bridgehead atoms. The highest BCUT2D eigenvalue weighted by Gasteiger charge is 2.15. The summed E-state index contributed by atoms with van der Waals surface area (Å²) in [5, 5.41) is 8.57. The third-order valence-corrected chi connectivity index (χ3v) is 5.14. The second-order valence-electron chi connectivity index (χ2n) is 4.25. The van der Waals surface area contributed by atoms with Crippen LogP contribution in [0.3, 0.4) is 0 Å². The number of thiophene rings is 1. The number of anilines is 1. The van der Waals surface area contributed by atoms with Crippen LogP contribution >= 0.6 is 23.1 Å². The number of nitrogens with zero attached hydrogens (tertiary/aromatic N) is 4. The van der Waals surface area contributed by atoms with Gasteiger partial charge in [-0.25, -0.2) is 25.7 Å². The van der Waals surface area contributed by atoms with Crippen LogP contribution in [0, 0.1) is 0 Å². The monoisotopic (exact) mass is 323 g/mol. The Labute approximate surface area is 127 Å². The molecule has 0 aliphatic heterocycles. The smallest absolute Gasteiger partial charge is 0.292 e. The zero-order chi connectivity index (χ0) is 15.0. The molecule has 0 aliphatic rings. The number of hydrazine groups is 1. The molecule has 0 spiro atoms. The van der Waals surface area contributed by atoms with Crippen LogP contribution in [0.2, 0.25) is 0 Å². The van der Waals surface area contributed by atoms with Crippen molar-refractivity contribution >= 4 is 39.3 Å². The lowest BCUT2D eigenvalue weighted by Gasteiger charge is -2.04. The summed E-state index contributed by atoms with van der Waals surface area (Å²) in [4.78, 5) is 22.2. The molecule has 0 fully saturated rings. The van der Waals surface area contributed by atoms with Crippen LogP contribution in [0.25, 0.3) is 10.2 Å². The minimum Gasteiger partial charge on any atom is -0.292 e. The molecule has 3 aromatic heterocycles. The molecule has 3 rings (SSSR count). The minimum atomic E-state index is -0.264. The van der Waals surface area contributed by atoms with Crippen molar-refractivity contribution in [2.24, 2.45) is 12.9 Å². The van der Waals surface area contributed by atoms with E-state index in [2.05, 4.69) is 38.6 Å². The fourth-order valence-corrected chi connectivity index (χ4v) is 3.69. The van der Waals surface area contributed by atoms with Crippen molar-refractivity contribution in [2.75, 3.05) is 5.43 Å². The summed E-state index contributed by atoms with van der Waals surface area (Å²) < 4.78 is 1.43. The van der Waals surface area contributed by atoms with Gasteiger partial charge >= 0.3 is 5.69 Å². The van der Waals surface area contributed by atoms with E-state index in [1.165, 1.54) is 21.2 Å². The van der Waals surface area contributed by atoms with E-state index in [0.29, 0.717) is 16.1 Å². The highest BCUT2D eigenvalue weighted by atomic mass is 32.2. The predicted octanol–water partition coefficient (Wildman–Crippen LogP) is 1.11. The molecule has 3 aromatic rings. The molecule has 4 N–H and O–H groups in total. The number of aromatic amines is 1.